The number of anilines is 1. The van der Waals surface area contributed by atoms with Gasteiger partial charge in [0.15, 0.2) is 0 Å². The van der Waals surface area contributed by atoms with Crippen LogP contribution in [0.4, 0.5) is 5.69 Å². The van der Waals surface area contributed by atoms with Crippen molar-refractivity contribution in [1.29, 1.82) is 0 Å². The Labute approximate surface area is 105 Å². The molecular formula is C11H14N4O2S. The van der Waals surface area contributed by atoms with E-state index >= 15 is 0 Å². The predicted molar refractivity (Wildman–Crippen MR) is 68.2 cm³/mol. The molecule has 0 bridgehead atoms. The first-order chi connectivity index (χ1) is 8.49. The van der Waals surface area contributed by atoms with Gasteiger partial charge >= 0.3 is 0 Å². The van der Waals surface area contributed by atoms with Crippen molar-refractivity contribution in [3.63, 3.8) is 0 Å². The van der Waals surface area contributed by atoms with Gasteiger partial charge in [-0.1, -0.05) is 6.07 Å². The molecule has 96 valence electrons. The number of nitrogens with one attached hydrogen (secondary N) is 2. The van der Waals surface area contributed by atoms with Gasteiger partial charge in [0.25, 0.3) is 0 Å². The Bertz CT molecular complexity index is 635. The van der Waals surface area contributed by atoms with E-state index in [-0.39, 0.29) is 11.4 Å². The zero-order chi connectivity index (χ0) is 13.2. The molecular weight excluding hydrogens is 252 g/mol. The average Bonchev–Trinajstić information content (AvgIpc) is 2.83. The minimum absolute atomic E-state index is 0.188. The second-order valence-electron chi connectivity index (χ2n) is 3.96. The average molecular weight is 266 g/mol. The lowest BCUT2D eigenvalue weighted by molar-refractivity contribution is 0.581. The third-order valence-corrected chi connectivity index (χ3v) is 4.07. The van der Waals surface area contributed by atoms with Crippen LogP contribution in [0.3, 0.4) is 0 Å². The summed E-state index contributed by atoms with van der Waals surface area (Å²) in [7, 11) is -3.56. The van der Waals surface area contributed by atoms with Gasteiger partial charge in [-0.2, -0.15) is 5.10 Å². The molecule has 0 amide bonds. The number of H-pyrrole nitrogens is 1. The predicted octanol–water partition coefficient (Wildman–Crippen LogP) is 0.779. The number of sulfonamides is 1. The Hall–Kier alpha value is -1.86. The molecule has 0 fully saturated rings. The SMILES string of the molecule is Cc1ccc(N)cc1S(=O)(=O)NCc1cn[nH]c1. The summed E-state index contributed by atoms with van der Waals surface area (Å²) in [6, 6.07) is 4.80. The molecule has 4 N–H and O–H groups in total. The van der Waals surface area contributed by atoms with Crippen molar-refractivity contribution in [1.82, 2.24) is 14.9 Å². The van der Waals surface area contributed by atoms with Crippen LogP contribution < -0.4 is 10.5 Å². The highest BCUT2D eigenvalue weighted by Gasteiger charge is 2.16. The molecule has 0 unspecified atom stereocenters. The number of nitrogens with two attached hydrogens (primary N) is 1. The lowest BCUT2D eigenvalue weighted by Gasteiger charge is -2.09. The van der Waals surface area contributed by atoms with Crippen LogP contribution in [0, 0.1) is 6.92 Å². The highest BCUT2D eigenvalue weighted by molar-refractivity contribution is 7.89. The first-order valence-electron chi connectivity index (χ1n) is 5.32. The van der Waals surface area contributed by atoms with Crippen LogP contribution in [0.25, 0.3) is 0 Å². The van der Waals surface area contributed by atoms with E-state index < -0.39 is 10.0 Å². The van der Waals surface area contributed by atoms with Gasteiger partial charge in [-0.3, -0.25) is 5.10 Å². The third-order valence-electron chi connectivity index (χ3n) is 2.52. The number of hydrogen-bond donors (Lipinski definition) is 3. The van der Waals surface area contributed by atoms with Gasteiger partial charge in [-0.05, 0) is 24.6 Å². The Kier molecular flexibility index (Phi) is 3.35. The van der Waals surface area contributed by atoms with Crippen molar-refractivity contribution in [3.8, 4) is 0 Å². The topological polar surface area (TPSA) is 101 Å². The number of aromatic nitrogens is 2. The minimum atomic E-state index is -3.56. The zero-order valence-electron chi connectivity index (χ0n) is 9.84. The summed E-state index contributed by atoms with van der Waals surface area (Å²) in [6.45, 7) is 1.92. The smallest absolute Gasteiger partial charge is 0.241 e. The van der Waals surface area contributed by atoms with Crippen LogP contribution in [0.2, 0.25) is 0 Å². The summed E-state index contributed by atoms with van der Waals surface area (Å²) in [5.74, 6) is 0. The van der Waals surface area contributed by atoms with E-state index in [0.717, 1.165) is 5.56 Å². The van der Waals surface area contributed by atoms with E-state index in [4.69, 9.17) is 5.73 Å². The molecule has 7 heteroatoms. The van der Waals surface area contributed by atoms with E-state index in [1.165, 1.54) is 6.07 Å². The molecule has 6 nitrogen and oxygen atoms in total. The molecule has 0 saturated carbocycles. The first kappa shape index (κ1) is 12.6. The van der Waals surface area contributed by atoms with E-state index in [1.54, 1.807) is 31.5 Å². The summed E-state index contributed by atoms with van der Waals surface area (Å²) in [5.41, 5.74) is 7.45. The fourth-order valence-corrected chi connectivity index (χ4v) is 2.83. The number of hydrogen-bond acceptors (Lipinski definition) is 4. The number of nitrogens with zero attached hydrogens (tertiary/aromatic N) is 1. The highest BCUT2D eigenvalue weighted by Crippen LogP contribution is 2.18. The van der Waals surface area contributed by atoms with Crippen LogP contribution in [-0.4, -0.2) is 18.6 Å². The van der Waals surface area contributed by atoms with Crippen molar-refractivity contribution in [2.75, 3.05) is 5.73 Å². The van der Waals surface area contributed by atoms with E-state index in [1.807, 2.05) is 0 Å². The molecule has 0 aliphatic heterocycles. The molecule has 1 aromatic carbocycles. The normalized spacial score (nSPS) is 11.6. The Balaban J connectivity index is 2.22. The van der Waals surface area contributed by atoms with Crippen LogP contribution in [0.5, 0.6) is 0 Å². The van der Waals surface area contributed by atoms with Gasteiger partial charge < -0.3 is 5.73 Å². The molecule has 0 spiro atoms. The maximum Gasteiger partial charge on any atom is 0.241 e. The van der Waals surface area contributed by atoms with Crippen LogP contribution in [0.1, 0.15) is 11.1 Å². The van der Waals surface area contributed by atoms with Crippen molar-refractivity contribution in [2.24, 2.45) is 0 Å². The van der Waals surface area contributed by atoms with Crippen molar-refractivity contribution in [2.45, 2.75) is 18.4 Å². The van der Waals surface area contributed by atoms with Crippen molar-refractivity contribution >= 4 is 15.7 Å². The second kappa shape index (κ2) is 4.79. The number of nitrogen functional groups attached to an aromatic ring is 1. The molecule has 2 rings (SSSR count). The van der Waals surface area contributed by atoms with Gasteiger partial charge in [-0.15, -0.1) is 0 Å². The quantitative estimate of drug-likeness (QED) is 0.712. The summed E-state index contributed by atoms with van der Waals surface area (Å²) in [6.07, 6.45) is 3.20. The Morgan fingerprint density at radius 3 is 2.89 bits per heavy atom. The molecule has 0 atom stereocenters. The van der Waals surface area contributed by atoms with Gasteiger partial charge in [0.05, 0.1) is 11.1 Å². The molecule has 1 aromatic heterocycles. The molecule has 0 aliphatic rings. The molecule has 0 radical (unpaired) electrons. The number of rotatable bonds is 4. The van der Waals surface area contributed by atoms with Gasteiger partial charge in [0.2, 0.25) is 10.0 Å². The second-order valence-corrected chi connectivity index (χ2v) is 5.69. The maximum atomic E-state index is 12.1. The molecule has 0 saturated heterocycles. The van der Waals surface area contributed by atoms with Gasteiger partial charge in [0.1, 0.15) is 0 Å². The monoisotopic (exact) mass is 266 g/mol. The number of benzene rings is 1. The summed E-state index contributed by atoms with van der Waals surface area (Å²) in [4.78, 5) is 0.200. The molecule has 0 aliphatic carbocycles. The molecule has 2 aromatic rings. The lowest BCUT2D eigenvalue weighted by Crippen LogP contribution is -2.24. The van der Waals surface area contributed by atoms with E-state index in [0.29, 0.717) is 11.3 Å². The maximum absolute atomic E-state index is 12.1. The standard InChI is InChI=1S/C11H14N4O2S/c1-8-2-3-10(12)4-11(8)18(16,17)15-7-9-5-13-14-6-9/h2-6,15H,7,12H2,1H3,(H,13,14). The minimum Gasteiger partial charge on any atom is -0.399 e. The van der Waals surface area contributed by atoms with E-state index in [2.05, 4.69) is 14.9 Å². The fraction of sp³-hybridized carbons (Fsp3) is 0.182. The number of aromatic amines is 1. The summed E-state index contributed by atoms with van der Waals surface area (Å²) < 4.78 is 26.7. The highest BCUT2D eigenvalue weighted by atomic mass is 32.2. The van der Waals surface area contributed by atoms with Crippen molar-refractivity contribution in [3.05, 3.63) is 41.7 Å². The van der Waals surface area contributed by atoms with Crippen molar-refractivity contribution < 1.29 is 8.42 Å². The van der Waals surface area contributed by atoms with Crippen LogP contribution in [-0.2, 0) is 16.6 Å². The van der Waals surface area contributed by atoms with Gasteiger partial charge in [0, 0.05) is 24.0 Å². The number of aryl methyl sites for hydroxylation is 1. The van der Waals surface area contributed by atoms with E-state index in [9.17, 15) is 8.42 Å². The Morgan fingerprint density at radius 2 is 2.22 bits per heavy atom. The third kappa shape index (κ3) is 2.69. The van der Waals surface area contributed by atoms with Gasteiger partial charge in [-0.25, -0.2) is 13.1 Å². The summed E-state index contributed by atoms with van der Waals surface area (Å²) >= 11 is 0. The largest absolute Gasteiger partial charge is 0.399 e. The van der Waals surface area contributed by atoms with Crippen LogP contribution in [0.15, 0.2) is 35.5 Å². The zero-order valence-corrected chi connectivity index (χ0v) is 10.7. The fourth-order valence-electron chi connectivity index (χ4n) is 1.54. The molecule has 18 heavy (non-hydrogen) atoms. The Morgan fingerprint density at radius 1 is 1.44 bits per heavy atom. The van der Waals surface area contributed by atoms with Crippen LogP contribution >= 0.6 is 0 Å². The lowest BCUT2D eigenvalue weighted by atomic mass is 10.2. The summed E-state index contributed by atoms with van der Waals surface area (Å²) in [5, 5.41) is 6.37. The molecule has 1 heterocycles. The first-order valence-corrected chi connectivity index (χ1v) is 6.81.